The molecule has 0 aliphatic carbocycles. The van der Waals surface area contributed by atoms with Crippen molar-refractivity contribution in [2.75, 3.05) is 7.11 Å². The third-order valence-corrected chi connectivity index (χ3v) is 2.50. The van der Waals surface area contributed by atoms with Gasteiger partial charge >= 0.3 is 0 Å². The lowest BCUT2D eigenvalue weighted by Gasteiger charge is -2.05. The number of nitrogens with zero attached hydrogens (tertiary/aromatic N) is 1. The fourth-order valence-corrected chi connectivity index (χ4v) is 1.73. The first kappa shape index (κ1) is 10.7. The highest BCUT2D eigenvalue weighted by Gasteiger charge is 1.98. The number of hydrogen-bond donors (Lipinski definition) is 0. The van der Waals surface area contributed by atoms with Gasteiger partial charge in [-0.3, -0.25) is 4.98 Å². The highest BCUT2D eigenvalue weighted by Crippen LogP contribution is 2.16. The van der Waals surface area contributed by atoms with E-state index in [-0.39, 0.29) is 0 Å². The topological polar surface area (TPSA) is 22.1 Å². The molecule has 0 N–H and O–H groups in total. The Bertz CT molecular complexity index is 480. The Labute approximate surface area is 95.9 Å². The van der Waals surface area contributed by atoms with Crippen molar-refractivity contribution in [3.8, 4) is 5.75 Å². The molecule has 16 heavy (non-hydrogen) atoms. The zero-order chi connectivity index (χ0) is 11.4. The molecule has 0 amide bonds. The molecule has 1 aromatic heterocycles. The first-order chi connectivity index (χ1) is 7.78. The van der Waals surface area contributed by atoms with Crippen LogP contribution in [0.5, 0.6) is 5.75 Å². The maximum absolute atomic E-state index is 5.20. The fraction of sp³-hybridized carbons (Fsp3) is 0.214. The van der Waals surface area contributed by atoms with Gasteiger partial charge in [0, 0.05) is 11.9 Å². The van der Waals surface area contributed by atoms with Crippen LogP contribution in [0.15, 0.2) is 42.6 Å². The van der Waals surface area contributed by atoms with E-state index in [1.165, 1.54) is 11.1 Å². The number of methoxy groups -OCH3 is 1. The van der Waals surface area contributed by atoms with Crippen molar-refractivity contribution in [3.63, 3.8) is 0 Å². The Morgan fingerprint density at radius 1 is 1.12 bits per heavy atom. The highest BCUT2D eigenvalue weighted by atomic mass is 16.5. The first-order valence-electron chi connectivity index (χ1n) is 5.32. The number of hydrogen-bond acceptors (Lipinski definition) is 2. The number of rotatable bonds is 3. The zero-order valence-electron chi connectivity index (χ0n) is 9.60. The molecule has 0 aliphatic rings. The molecule has 0 radical (unpaired) electrons. The molecule has 0 fully saturated rings. The molecule has 0 bridgehead atoms. The van der Waals surface area contributed by atoms with E-state index < -0.39 is 0 Å². The maximum Gasteiger partial charge on any atom is 0.119 e. The Balaban J connectivity index is 2.20. The summed E-state index contributed by atoms with van der Waals surface area (Å²) in [6.07, 6.45) is 2.77. The second-order valence-corrected chi connectivity index (χ2v) is 3.83. The predicted octanol–water partition coefficient (Wildman–Crippen LogP) is 2.99. The Hall–Kier alpha value is -1.83. The second kappa shape index (κ2) is 4.79. The summed E-state index contributed by atoms with van der Waals surface area (Å²) in [5.41, 5.74) is 3.59. The third kappa shape index (κ3) is 2.60. The van der Waals surface area contributed by atoms with Crippen molar-refractivity contribution in [2.45, 2.75) is 13.3 Å². The smallest absolute Gasteiger partial charge is 0.119 e. The van der Waals surface area contributed by atoms with E-state index in [1.54, 1.807) is 7.11 Å². The summed E-state index contributed by atoms with van der Waals surface area (Å²) in [5.74, 6) is 0.906. The van der Waals surface area contributed by atoms with Crippen LogP contribution in [0.2, 0.25) is 0 Å². The molecule has 82 valence electrons. The molecule has 1 aromatic carbocycles. The quantitative estimate of drug-likeness (QED) is 0.782. The number of aryl methyl sites for hydroxylation is 1. The van der Waals surface area contributed by atoms with Crippen LogP contribution in [0.4, 0.5) is 0 Å². The average Bonchev–Trinajstić information content (AvgIpc) is 2.29. The predicted molar refractivity (Wildman–Crippen MR) is 64.8 cm³/mol. The largest absolute Gasteiger partial charge is 0.497 e. The van der Waals surface area contributed by atoms with E-state index in [0.29, 0.717) is 0 Å². The van der Waals surface area contributed by atoms with Crippen LogP contribution in [0, 0.1) is 6.92 Å². The van der Waals surface area contributed by atoms with Gasteiger partial charge in [0.1, 0.15) is 5.75 Å². The van der Waals surface area contributed by atoms with Crippen molar-refractivity contribution in [1.82, 2.24) is 4.98 Å². The van der Waals surface area contributed by atoms with Crippen molar-refractivity contribution < 1.29 is 4.74 Å². The van der Waals surface area contributed by atoms with Gasteiger partial charge in [0.05, 0.1) is 7.11 Å². The average molecular weight is 213 g/mol. The number of aromatic nitrogens is 1. The van der Waals surface area contributed by atoms with Gasteiger partial charge in [0.25, 0.3) is 0 Å². The SMILES string of the molecule is COc1cccc(Cc2ccnc(C)c2)c1. The van der Waals surface area contributed by atoms with Gasteiger partial charge in [0.2, 0.25) is 0 Å². The van der Waals surface area contributed by atoms with Gasteiger partial charge in [-0.25, -0.2) is 0 Å². The van der Waals surface area contributed by atoms with E-state index in [2.05, 4.69) is 23.2 Å². The number of benzene rings is 1. The molecule has 2 aromatic rings. The Kier molecular flexibility index (Phi) is 3.20. The summed E-state index contributed by atoms with van der Waals surface area (Å²) in [6.45, 7) is 2.01. The van der Waals surface area contributed by atoms with E-state index in [0.717, 1.165) is 17.9 Å². The van der Waals surface area contributed by atoms with Crippen LogP contribution < -0.4 is 4.74 Å². The summed E-state index contributed by atoms with van der Waals surface area (Å²) < 4.78 is 5.20. The van der Waals surface area contributed by atoms with Crippen molar-refractivity contribution >= 4 is 0 Å². The van der Waals surface area contributed by atoms with Crippen LogP contribution >= 0.6 is 0 Å². The number of ether oxygens (including phenoxy) is 1. The monoisotopic (exact) mass is 213 g/mol. The summed E-state index contributed by atoms with van der Waals surface area (Å²) in [4.78, 5) is 4.19. The van der Waals surface area contributed by atoms with Crippen LogP contribution in [0.3, 0.4) is 0 Å². The Morgan fingerprint density at radius 3 is 2.69 bits per heavy atom. The molecule has 2 rings (SSSR count). The van der Waals surface area contributed by atoms with Crippen molar-refractivity contribution in [1.29, 1.82) is 0 Å². The van der Waals surface area contributed by atoms with Crippen LogP contribution in [0.1, 0.15) is 16.8 Å². The molecule has 0 saturated carbocycles. The lowest BCUT2D eigenvalue weighted by atomic mass is 10.1. The van der Waals surface area contributed by atoms with E-state index in [4.69, 9.17) is 4.74 Å². The van der Waals surface area contributed by atoms with Gasteiger partial charge in [-0.05, 0) is 48.7 Å². The third-order valence-electron chi connectivity index (χ3n) is 2.50. The minimum absolute atomic E-state index is 0.906. The van der Waals surface area contributed by atoms with Gasteiger partial charge in [0.15, 0.2) is 0 Å². The van der Waals surface area contributed by atoms with Crippen molar-refractivity contribution in [3.05, 3.63) is 59.4 Å². The van der Waals surface area contributed by atoms with Gasteiger partial charge in [-0.15, -0.1) is 0 Å². The molecule has 1 heterocycles. The zero-order valence-corrected chi connectivity index (χ0v) is 9.60. The fourth-order valence-electron chi connectivity index (χ4n) is 1.73. The first-order valence-corrected chi connectivity index (χ1v) is 5.32. The van der Waals surface area contributed by atoms with E-state index in [9.17, 15) is 0 Å². The molecule has 0 atom stereocenters. The molecule has 0 aliphatic heterocycles. The van der Waals surface area contributed by atoms with Crippen LogP contribution in [-0.2, 0) is 6.42 Å². The van der Waals surface area contributed by atoms with Gasteiger partial charge < -0.3 is 4.74 Å². The lowest BCUT2D eigenvalue weighted by molar-refractivity contribution is 0.414. The highest BCUT2D eigenvalue weighted by molar-refractivity contribution is 5.32. The molecule has 0 saturated heterocycles. The number of pyridine rings is 1. The molecule has 0 unspecified atom stereocenters. The molecule has 2 heteroatoms. The Morgan fingerprint density at radius 2 is 1.94 bits per heavy atom. The molecule has 2 nitrogen and oxygen atoms in total. The normalized spacial score (nSPS) is 10.1. The maximum atomic E-state index is 5.20. The minimum Gasteiger partial charge on any atom is -0.497 e. The van der Waals surface area contributed by atoms with Crippen LogP contribution in [0.25, 0.3) is 0 Å². The molecular formula is C14H15NO. The molecule has 0 spiro atoms. The van der Waals surface area contributed by atoms with Gasteiger partial charge in [-0.1, -0.05) is 12.1 Å². The lowest BCUT2D eigenvalue weighted by Crippen LogP contribution is -1.91. The van der Waals surface area contributed by atoms with E-state index in [1.807, 2.05) is 31.3 Å². The van der Waals surface area contributed by atoms with Crippen LogP contribution in [-0.4, -0.2) is 12.1 Å². The molecular weight excluding hydrogens is 198 g/mol. The summed E-state index contributed by atoms with van der Waals surface area (Å²) >= 11 is 0. The standard InChI is InChI=1S/C14H15NO/c1-11-8-13(6-7-15-11)9-12-4-3-5-14(10-12)16-2/h3-8,10H,9H2,1-2H3. The van der Waals surface area contributed by atoms with E-state index >= 15 is 0 Å². The van der Waals surface area contributed by atoms with Gasteiger partial charge in [-0.2, -0.15) is 0 Å². The second-order valence-electron chi connectivity index (χ2n) is 3.83. The summed E-state index contributed by atoms with van der Waals surface area (Å²) in [5, 5.41) is 0. The summed E-state index contributed by atoms with van der Waals surface area (Å²) in [7, 11) is 1.69. The van der Waals surface area contributed by atoms with Crippen molar-refractivity contribution in [2.24, 2.45) is 0 Å². The minimum atomic E-state index is 0.906. The summed E-state index contributed by atoms with van der Waals surface area (Å²) in [6, 6.07) is 12.3.